The van der Waals surface area contributed by atoms with Crippen molar-refractivity contribution in [3.63, 3.8) is 0 Å². The molecule has 0 aliphatic heterocycles. The SMILES string of the molecule is Cc1ccc(OC(C)CCC(=O)NN)c([N+](=O)[O-])n1. The third-order valence-corrected chi connectivity index (χ3v) is 2.42. The van der Waals surface area contributed by atoms with E-state index < -0.39 is 4.92 Å². The zero-order valence-electron chi connectivity index (χ0n) is 10.8. The average molecular weight is 268 g/mol. The summed E-state index contributed by atoms with van der Waals surface area (Å²) in [6, 6.07) is 3.13. The highest BCUT2D eigenvalue weighted by Gasteiger charge is 2.19. The summed E-state index contributed by atoms with van der Waals surface area (Å²) in [6.45, 7) is 3.37. The number of amides is 1. The molecule has 1 amide bonds. The Labute approximate surface area is 110 Å². The number of hydrogen-bond donors (Lipinski definition) is 2. The third kappa shape index (κ3) is 4.51. The number of carbonyl (C=O) groups excluding carboxylic acids is 1. The summed E-state index contributed by atoms with van der Waals surface area (Å²) in [5, 5.41) is 10.9. The molecule has 19 heavy (non-hydrogen) atoms. The van der Waals surface area contributed by atoms with E-state index in [1.54, 1.807) is 19.9 Å². The molecule has 104 valence electrons. The van der Waals surface area contributed by atoms with Crippen molar-refractivity contribution in [3.8, 4) is 5.75 Å². The molecule has 1 aromatic heterocycles. The Bertz CT molecular complexity index is 478. The predicted molar refractivity (Wildman–Crippen MR) is 67.3 cm³/mol. The lowest BCUT2D eigenvalue weighted by atomic mass is 10.2. The average Bonchev–Trinajstić information content (AvgIpc) is 2.37. The second kappa shape index (κ2) is 6.64. The van der Waals surface area contributed by atoms with Gasteiger partial charge in [0.2, 0.25) is 11.7 Å². The molecular formula is C11H16N4O4. The van der Waals surface area contributed by atoms with Crippen LogP contribution in [0.1, 0.15) is 25.5 Å². The highest BCUT2D eigenvalue weighted by molar-refractivity contribution is 5.75. The minimum absolute atomic E-state index is 0.0938. The van der Waals surface area contributed by atoms with Crippen LogP contribution < -0.4 is 16.0 Å². The van der Waals surface area contributed by atoms with E-state index in [0.29, 0.717) is 12.1 Å². The van der Waals surface area contributed by atoms with Gasteiger partial charge in [0.1, 0.15) is 5.69 Å². The van der Waals surface area contributed by atoms with Crippen molar-refractivity contribution >= 4 is 11.7 Å². The second-order valence-corrected chi connectivity index (χ2v) is 4.07. The number of hydrazine groups is 1. The lowest BCUT2D eigenvalue weighted by molar-refractivity contribution is -0.390. The lowest BCUT2D eigenvalue weighted by Gasteiger charge is -2.13. The first-order valence-electron chi connectivity index (χ1n) is 5.72. The molecule has 0 radical (unpaired) electrons. The second-order valence-electron chi connectivity index (χ2n) is 4.07. The molecule has 0 bridgehead atoms. The van der Waals surface area contributed by atoms with Crippen LogP contribution in [0.2, 0.25) is 0 Å². The highest BCUT2D eigenvalue weighted by atomic mass is 16.6. The maximum Gasteiger partial charge on any atom is 0.406 e. The number of aryl methyl sites for hydroxylation is 1. The molecule has 0 saturated heterocycles. The Morgan fingerprint density at radius 3 is 2.89 bits per heavy atom. The van der Waals surface area contributed by atoms with Gasteiger partial charge in [0.25, 0.3) is 0 Å². The predicted octanol–water partition coefficient (Wildman–Crippen LogP) is 0.836. The van der Waals surface area contributed by atoms with Crippen LogP contribution in [0.15, 0.2) is 12.1 Å². The van der Waals surface area contributed by atoms with Gasteiger partial charge in [-0.1, -0.05) is 0 Å². The maximum atomic E-state index is 11.0. The Hall–Kier alpha value is -2.22. The Morgan fingerprint density at radius 2 is 2.32 bits per heavy atom. The van der Waals surface area contributed by atoms with Gasteiger partial charge in [-0.15, -0.1) is 0 Å². The van der Waals surface area contributed by atoms with Crippen LogP contribution in [0.3, 0.4) is 0 Å². The van der Waals surface area contributed by atoms with Crippen molar-refractivity contribution < 1.29 is 14.5 Å². The number of nitro groups is 1. The van der Waals surface area contributed by atoms with Crippen LogP contribution in [0.5, 0.6) is 5.75 Å². The zero-order chi connectivity index (χ0) is 14.4. The number of hydrogen-bond acceptors (Lipinski definition) is 6. The number of ether oxygens (including phenoxy) is 1. The fraction of sp³-hybridized carbons (Fsp3) is 0.455. The van der Waals surface area contributed by atoms with Crippen LogP contribution in [0.4, 0.5) is 5.82 Å². The largest absolute Gasteiger partial charge is 0.483 e. The van der Waals surface area contributed by atoms with Crippen LogP contribution in [-0.2, 0) is 4.79 Å². The van der Waals surface area contributed by atoms with E-state index in [1.807, 2.05) is 5.43 Å². The van der Waals surface area contributed by atoms with Gasteiger partial charge in [-0.25, -0.2) is 5.84 Å². The van der Waals surface area contributed by atoms with Crippen molar-refractivity contribution in [1.29, 1.82) is 0 Å². The molecule has 1 atom stereocenters. The summed E-state index contributed by atoms with van der Waals surface area (Å²) >= 11 is 0. The molecule has 0 aromatic carbocycles. The molecule has 0 aliphatic carbocycles. The van der Waals surface area contributed by atoms with Crippen LogP contribution in [0.25, 0.3) is 0 Å². The van der Waals surface area contributed by atoms with Crippen molar-refractivity contribution in [2.75, 3.05) is 0 Å². The van der Waals surface area contributed by atoms with Gasteiger partial charge in [-0.05, 0) is 35.4 Å². The summed E-state index contributed by atoms with van der Waals surface area (Å²) in [6.07, 6.45) is 0.222. The number of rotatable bonds is 6. The van der Waals surface area contributed by atoms with Gasteiger partial charge in [0, 0.05) is 13.3 Å². The Balaban J connectivity index is 2.71. The number of nitrogens with one attached hydrogen (secondary N) is 1. The molecule has 0 aliphatic rings. The van der Waals surface area contributed by atoms with Gasteiger partial charge in [0.05, 0.1) is 6.10 Å². The number of aromatic nitrogens is 1. The van der Waals surface area contributed by atoms with Gasteiger partial charge in [0.15, 0.2) is 0 Å². The molecule has 8 nitrogen and oxygen atoms in total. The number of nitrogens with two attached hydrogens (primary N) is 1. The smallest absolute Gasteiger partial charge is 0.406 e. The van der Waals surface area contributed by atoms with E-state index in [1.165, 1.54) is 6.07 Å². The minimum Gasteiger partial charge on any atom is -0.483 e. The maximum absolute atomic E-state index is 11.0. The Morgan fingerprint density at radius 1 is 1.63 bits per heavy atom. The minimum atomic E-state index is -0.596. The molecule has 0 fully saturated rings. The molecule has 1 heterocycles. The molecule has 0 spiro atoms. The van der Waals surface area contributed by atoms with Crippen molar-refractivity contribution in [1.82, 2.24) is 10.4 Å². The molecule has 1 unspecified atom stereocenters. The first kappa shape index (κ1) is 14.8. The number of nitrogens with zero attached hydrogens (tertiary/aromatic N) is 2. The lowest BCUT2D eigenvalue weighted by Crippen LogP contribution is -2.30. The van der Waals surface area contributed by atoms with Crippen LogP contribution in [0, 0.1) is 17.0 Å². The summed E-state index contributed by atoms with van der Waals surface area (Å²) in [5.41, 5.74) is 2.54. The van der Waals surface area contributed by atoms with Gasteiger partial charge in [-0.2, -0.15) is 0 Å². The van der Waals surface area contributed by atoms with Gasteiger partial charge < -0.3 is 14.9 Å². The molecule has 3 N–H and O–H groups in total. The topological polar surface area (TPSA) is 120 Å². The van der Waals surface area contributed by atoms with Gasteiger partial charge >= 0.3 is 5.82 Å². The van der Waals surface area contributed by atoms with Crippen molar-refractivity contribution in [3.05, 3.63) is 27.9 Å². The fourth-order valence-corrected chi connectivity index (χ4v) is 1.44. The molecule has 1 aromatic rings. The molecule has 1 rings (SSSR count). The van der Waals surface area contributed by atoms with Crippen molar-refractivity contribution in [2.45, 2.75) is 32.8 Å². The van der Waals surface area contributed by atoms with E-state index in [9.17, 15) is 14.9 Å². The van der Waals surface area contributed by atoms with E-state index in [0.717, 1.165) is 0 Å². The van der Waals surface area contributed by atoms with E-state index in [4.69, 9.17) is 10.6 Å². The monoisotopic (exact) mass is 268 g/mol. The van der Waals surface area contributed by atoms with E-state index in [-0.39, 0.29) is 30.0 Å². The van der Waals surface area contributed by atoms with E-state index in [2.05, 4.69) is 4.98 Å². The summed E-state index contributed by atoms with van der Waals surface area (Å²) in [5.74, 6) is 4.41. The normalized spacial score (nSPS) is 11.7. The van der Waals surface area contributed by atoms with Crippen molar-refractivity contribution in [2.24, 2.45) is 5.84 Å². The first-order valence-corrected chi connectivity index (χ1v) is 5.72. The van der Waals surface area contributed by atoms with Gasteiger partial charge in [-0.3, -0.25) is 10.2 Å². The molecule has 8 heteroatoms. The zero-order valence-corrected chi connectivity index (χ0v) is 10.8. The fourth-order valence-electron chi connectivity index (χ4n) is 1.44. The summed E-state index contributed by atoms with van der Waals surface area (Å²) in [4.78, 5) is 25.0. The number of carbonyl (C=O) groups is 1. The van der Waals surface area contributed by atoms with Crippen LogP contribution in [-0.4, -0.2) is 21.9 Å². The summed E-state index contributed by atoms with van der Waals surface area (Å²) in [7, 11) is 0. The van der Waals surface area contributed by atoms with E-state index >= 15 is 0 Å². The molecule has 0 saturated carbocycles. The third-order valence-electron chi connectivity index (χ3n) is 2.42. The quantitative estimate of drug-likeness (QED) is 0.341. The number of pyridine rings is 1. The van der Waals surface area contributed by atoms with Crippen LogP contribution >= 0.6 is 0 Å². The summed E-state index contributed by atoms with van der Waals surface area (Å²) < 4.78 is 5.43. The molecular weight excluding hydrogens is 252 g/mol. The first-order chi connectivity index (χ1) is 8.93. The Kier molecular flexibility index (Phi) is 5.19. The standard InChI is InChI=1S/C11H16N4O4/c1-7-3-5-9(11(13-7)15(17)18)19-8(2)4-6-10(16)14-12/h3,5,8H,4,6,12H2,1-2H3,(H,14,16). The highest BCUT2D eigenvalue weighted by Crippen LogP contribution is 2.26.